The van der Waals surface area contributed by atoms with Gasteiger partial charge in [-0.1, -0.05) is 12.1 Å². The number of rotatable bonds is 8. The van der Waals surface area contributed by atoms with Crippen LogP contribution in [-0.4, -0.2) is 31.9 Å². The Morgan fingerprint density at radius 1 is 1.22 bits per heavy atom. The minimum absolute atomic E-state index is 0. The summed E-state index contributed by atoms with van der Waals surface area (Å²) in [5.74, 6) is 3.01. The minimum Gasteiger partial charge on any atom is -0.497 e. The van der Waals surface area contributed by atoms with Gasteiger partial charge in [-0.3, -0.25) is 0 Å². The number of guanidine groups is 1. The Morgan fingerprint density at radius 3 is 2.59 bits per heavy atom. The van der Waals surface area contributed by atoms with Crippen molar-refractivity contribution in [2.45, 2.75) is 39.8 Å². The monoisotopic (exact) mass is 488 g/mol. The summed E-state index contributed by atoms with van der Waals surface area (Å²) in [5, 5.41) is 10.6. The molecule has 0 aliphatic heterocycles. The molecule has 1 aromatic heterocycles. The summed E-state index contributed by atoms with van der Waals surface area (Å²) < 4.78 is 16.1. The van der Waals surface area contributed by atoms with Gasteiger partial charge in [0.1, 0.15) is 18.0 Å². The molecule has 0 bridgehead atoms. The van der Waals surface area contributed by atoms with Gasteiger partial charge < -0.3 is 24.6 Å². The first-order valence-electron chi connectivity index (χ1n) is 8.82. The first-order chi connectivity index (χ1) is 12.6. The molecule has 27 heavy (non-hydrogen) atoms. The van der Waals surface area contributed by atoms with Gasteiger partial charge in [-0.2, -0.15) is 0 Å². The smallest absolute Gasteiger partial charge is 0.192 e. The van der Waals surface area contributed by atoms with Crippen molar-refractivity contribution in [3.8, 4) is 11.5 Å². The molecule has 0 saturated heterocycles. The Balaban J connectivity index is 0.00000364. The van der Waals surface area contributed by atoms with E-state index in [9.17, 15) is 0 Å². The number of aryl methyl sites for hydroxylation is 1. The van der Waals surface area contributed by atoms with Crippen LogP contribution in [0.4, 0.5) is 0 Å². The summed E-state index contributed by atoms with van der Waals surface area (Å²) in [7, 11) is 3.31. The molecule has 1 unspecified atom stereocenters. The molecule has 0 saturated carbocycles. The SMILES string of the molecule is CCNC(=NCc1cc(CC)no1)NC(C)c1cc(OC)ccc1OC.I. The van der Waals surface area contributed by atoms with E-state index in [1.807, 2.05) is 45.0 Å². The van der Waals surface area contributed by atoms with Crippen LogP contribution in [0.2, 0.25) is 0 Å². The van der Waals surface area contributed by atoms with Gasteiger partial charge in [0.05, 0.1) is 26.0 Å². The molecule has 0 aliphatic carbocycles. The Hall–Kier alpha value is -1.97. The topological polar surface area (TPSA) is 80.9 Å². The highest BCUT2D eigenvalue weighted by Crippen LogP contribution is 2.29. The number of ether oxygens (including phenoxy) is 2. The number of methoxy groups -OCH3 is 2. The van der Waals surface area contributed by atoms with Crippen LogP contribution >= 0.6 is 24.0 Å². The van der Waals surface area contributed by atoms with Crippen molar-refractivity contribution < 1.29 is 14.0 Å². The highest BCUT2D eigenvalue weighted by Gasteiger charge is 2.14. The van der Waals surface area contributed by atoms with E-state index in [2.05, 4.69) is 20.8 Å². The van der Waals surface area contributed by atoms with E-state index in [1.54, 1.807) is 14.2 Å². The molecule has 0 aliphatic rings. The van der Waals surface area contributed by atoms with Gasteiger partial charge in [-0.25, -0.2) is 4.99 Å². The Morgan fingerprint density at radius 2 is 2.00 bits per heavy atom. The van der Waals surface area contributed by atoms with E-state index in [1.165, 1.54) is 0 Å². The van der Waals surface area contributed by atoms with Gasteiger partial charge in [-0.15, -0.1) is 24.0 Å². The van der Waals surface area contributed by atoms with Crippen LogP contribution in [0.1, 0.15) is 43.8 Å². The van der Waals surface area contributed by atoms with Crippen molar-refractivity contribution in [2.24, 2.45) is 4.99 Å². The van der Waals surface area contributed by atoms with Crippen molar-refractivity contribution >= 4 is 29.9 Å². The molecule has 1 aromatic carbocycles. The largest absolute Gasteiger partial charge is 0.497 e. The van der Waals surface area contributed by atoms with Crippen LogP contribution in [0.15, 0.2) is 33.8 Å². The van der Waals surface area contributed by atoms with Crippen LogP contribution in [0.3, 0.4) is 0 Å². The fourth-order valence-electron chi connectivity index (χ4n) is 2.53. The van der Waals surface area contributed by atoms with Crippen LogP contribution in [0.25, 0.3) is 0 Å². The molecule has 0 spiro atoms. The first kappa shape index (κ1) is 23.1. The normalized spacial score (nSPS) is 12.1. The zero-order valence-electron chi connectivity index (χ0n) is 16.5. The lowest BCUT2D eigenvalue weighted by molar-refractivity contribution is 0.379. The average Bonchev–Trinajstić information content (AvgIpc) is 3.13. The second-order valence-corrected chi connectivity index (χ2v) is 5.81. The van der Waals surface area contributed by atoms with Gasteiger partial charge in [0.2, 0.25) is 0 Å². The third-order valence-corrected chi connectivity index (χ3v) is 3.96. The fourth-order valence-corrected chi connectivity index (χ4v) is 2.53. The van der Waals surface area contributed by atoms with Crippen molar-refractivity contribution in [2.75, 3.05) is 20.8 Å². The Labute approximate surface area is 177 Å². The maximum Gasteiger partial charge on any atom is 0.192 e. The highest BCUT2D eigenvalue weighted by molar-refractivity contribution is 14.0. The minimum atomic E-state index is -0.0289. The summed E-state index contributed by atoms with van der Waals surface area (Å²) in [6, 6.07) is 7.64. The third kappa shape index (κ3) is 6.60. The maximum atomic E-state index is 5.47. The lowest BCUT2D eigenvalue weighted by atomic mass is 10.1. The Bertz CT molecular complexity index is 733. The summed E-state index contributed by atoms with van der Waals surface area (Å²) in [4.78, 5) is 4.58. The van der Waals surface area contributed by atoms with Gasteiger partial charge in [0, 0.05) is 18.2 Å². The first-order valence-corrected chi connectivity index (χ1v) is 8.82. The number of nitrogens with one attached hydrogen (secondary N) is 2. The van der Waals surface area contributed by atoms with Crippen molar-refractivity contribution in [3.05, 3.63) is 41.3 Å². The number of halogens is 1. The van der Waals surface area contributed by atoms with Crippen molar-refractivity contribution in [1.82, 2.24) is 15.8 Å². The van der Waals surface area contributed by atoms with Crippen LogP contribution in [0.5, 0.6) is 11.5 Å². The summed E-state index contributed by atoms with van der Waals surface area (Å²) in [6.07, 6.45) is 0.845. The van der Waals surface area contributed by atoms with Gasteiger partial charge in [0.25, 0.3) is 0 Å². The average molecular weight is 488 g/mol. The second-order valence-electron chi connectivity index (χ2n) is 5.81. The predicted octanol–water partition coefficient (Wildman–Crippen LogP) is 3.69. The van der Waals surface area contributed by atoms with Crippen LogP contribution < -0.4 is 20.1 Å². The van der Waals surface area contributed by atoms with Gasteiger partial charge in [0.15, 0.2) is 11.7 Å². The molecule has 0 amide bonds. The fraction of sp³-hybridized carbons (Fsp3) is 0.474. The number of nitrogens with zero attached hydrogens (tertiary/aromatic N) is 2. The number of benzene rings is 1. The molecule has 1 atom stereocenters. The molecule has 150 valence electrons. The number of aliphatic imine (C=N–C) groups is 1. The van der Waals surface area contributed by atoms with Crippen LogP contribution in [0, 0.1) is 0 Å². The molecular weight excluding hydrogens is 459 g/mol. The zero-order chi connectivity index (χ0) is 18.9. The molecule has 0 fully saturated rings. The number of hydrogen-bond acceptors (Lipinski definition) is 5. The van der Waals surface area contributed by atoms with E-state index < -0.39 is 0 Å². The number of aromatic nitrogens is 1. The van der Waals surface area contributed by atoms with E-state index in [4.69, 9.17) is 14.0 Å². The molecule has 0 radical (unpaired) electrons. The second kappa shape index (κ2) is 11.7. The summed E-state index contributed by atoms with van der Waals surface area (Å²) >= 11 is 0. The predicted molar refractivity (Wildman–Crippen MR) is 117 cm³/mol. The van der Waals surface area contributed by atoms with Crippen molar-refractivity contribution in [3.63, 3.8) is 0 Å². The lowest BCUT2D eigenvalue weighted by Crippen LogP contribution is -2.38. The molecule has 2 aromatic rings. The molecule has 7 nitrogen and oxygen atoms in total. The van der Waals surface area contributed by atoms with E-state index >= 15 is 0 Å². The summed E-state index contributed by atoms with van der Waals surface area (Å²) in [6.45, 7) is 7.29. The highest BCUT2D eigenvalue weighted by atomic mass is 127. The van der Waals surface area contributed by atoms with E-state index in [0.29, 0.717) is 12.5 Å². The third-order valence-electron chi connectivity index (χ3n) is 3.96. The van der Waals surface area contributed by atoms with Crippen LogP contribution in [-0.2, 0) is 13.0 Å². The summed E-state index contributed by atoms with van der Waals surface area (Å²) in [5.41, 5.74) is 1.92. The molecule has 1 heterocycles. The molecule has 8 heteroatoms. The lowest BCUT2D eigenvalue weighted by Gasteiger charge is -2.20. The standard InChI is InChI=1S/C19H28N4O3.HI/c1-6-14-10-16(26-23-14)12-21-19(20-7-2)22-13(3)17-11-15(24-4)8-9-18(17)25-5;/h8-11,13H,6-7,12H2,1-5H3,(H2,20,21,22);1H. The van der Waals surface area contributed by atoms with E-state index in [-0.39, 0.29) is 30.0 Å². The molecule has 2 N–H and O–H groups in total. The number of hydrogen-bond donors (Lipinski definition) is 2. The van der Waals surface area contributed by atoms with E-state index in [0.717, 1.165) is 41.5 Å². The quantitative estimate of drug-likeness (QED) is 0.335. The Kier molecular flexibility index (Phi) is 9.98. The maximum absolute atomic E-state index is 5.47. The molecular formula is C19H29IN4O3. The zero-order valence-corrected chi connectivity index (χ0v) is 18.9. The molecule has 2 rings (SSSR count). The van der Waals surface area contributed by atoms with Crippen molar-refractivity contribution in [1.29, 1.82) is 0 Å². The van der Waals surface area contributed by atoms with Gasteiger partial charge >= 0.3 is 0 Å². The van der Waals surface area contributed by atoms with Gasteiger partial charge in [-0.05, 0) is 38.5 Å².